The van der Waals surface area contributed by atoms with E-state index in [0.717, 1.165) is 12.2 Å². The van der Waals surface area contributed by atoms with E-state index in [0.29, 0.717) is 0 Å². The first-order valence-corrected chi connectivity index (χ1v) is 10.6. The van der Waals surface area contributed by atoms with Crippen molar-refractivity contribution in [2.24, 2.45) is 0 Å². The molecule has 5 nitrogen and oxygen atoms in total. The van der Waals surface area contributed by atoms with Crippen LogP contribution >= 0.6 is 11.8 Å². The minimum atomic E-state index is -1.26. The van der Waals surface area contributed by atoms with Gasteiger partial charge in [0, 0.05) is 0 Å². The molecule has 0 spiro atoms. The summed E-state index contributed by atoms with van der Waals surface area (Å²) in [5.41, 5.74) is -0.584. The predicted molar refractivity (Wildman–Crippen MR) is 98.1 cm³/mol. The predicted octanol–water partition coefficient (Wildman–Crippen LogP) is 2.44. The number of hydrogen-bond acceptors (Lipinski definition) is 6. The van der Waals surface area contributed by atoms with Crippen molar-refractivity contribution in [3.05, 3.63) is 0 Å². The molecule has 5 atom stereocenters. The van der Waals surface area contributed by atoms with E-state index in [1.807, 2.05) is 0 Å². The number of hydrogen-bond donors (Lipinski definition) is 4. The second-order valence-electron chi connectivity index (χ2n) is 6.75. The van der Waals surface area contributed by atoms with Crippen LogP contribution in [0.25, 0.3) is 0 Å². The van der Waals surface area contributed by atoms with Gasteiger partial charge in [-0.3, -0.25) is 0 Å². The Balaban J connectivity index is 2.02. The van der Waals surface area contributed by atoms with Gasteiger partial charge in [-0.15, -0.1) is 11.8 Å². The van der Waals surface area contributed by atoms with E-state index < -0.39 is 29.9 Å². The molecule has 0 aromatic rings. The van der Waals surface area contributed by atoms with Crippen LogP contribution in [-0.4, -0.2) is 62.6 Å². The van der Waals surface area contributed by atoms with Crippen LogP contribution in [0.5, 0.6) is 0 Å². The zero-order valence-electron chi connectivity index (χ0n) is 15.0. The van der Waals surface area contributed by atoms with Crippen LogP contribution in [-0.2, 0) is 4.74 Å². The number of ether oxygens (including phenoxy) is 1. The molecule has 1 aliphatic heterocycles. The normalized spacial score (nSPS) is 30.6. The molecule has 1 rings (SSSR count). The average Bonchev–Trinajstić information content (AvgIpc) is 2.59. The van der Waals surface area contributed by atoms with Gasteiger partial charge in [0.1, 0.15) is 29.9 Å². The molecule has 0 radical (unpaired) electrons. The summed E-state index contributed by atoms with van der Waals surface area (Å²) in [6, 6.07) is 0. The first-order chi connectivity index (χ1) is 11.6. The lowest BCUT2D eigenvalue weighted by atomic mass is 10.0. The second kappa shape index (κ2) is 13.4. The molecular weight excluding hydrogens is 328 g/mol. The monoisotopic (exact) mass is 364 g/mol. The highest BCUT2D eigenvalue weighted by Gasteiger charge is 2.43. The summed E-state index contributed by atoms with van der Waals surface area (Å²) >= 11 is 1.45. The van der Waals surface area contributed by atoms with Crippen molar-refractivity contribution < 1.29 is 25.2 Å². The highest BCUT2D eigenvalue weighted by atomic mass is 32.2. The molecule has 1 aliphatic rings. The molecule has 0 aromatic heterocycles. The van der Waals surface area contributed by atoms with Crippen molar-refractivity contribution in [1.29, 1.82) is 0 Å². The summed E-state index contributed by atoms with van der Waals surface area (Å²) in [6.07, 6.45) is 8.36. The summed E-state index contributed by atoms with van der Waals surface area (Å²) in [7, 11) is 0. The topological polar surface area (TPSA) is 90.2 Å². The zero-order valence-corrected chi connectivity index (χ0v) is 15.8. The summed E-state index contributed by atoms with van der Waals surface area (Å²) in [5, 5.41) is 38.6. The quantitative estimate of drug-likeness (QED) is 0.375. The maximum atomic E-state index is 9.95. The van der Waals surface area contributed by atoms with Gasteiger partial charge in [0.25, 0.3) is 0 Å². The molecule has 1 saturated heterocycles. The standard InChI is InChI=1S/C18H36O5S/c1-2-3-4-5-6-7-8-9-10-11-12-24-18-17(22)16(21)15(20)14(13-19)23-18/h14-22H,2-13H2,1H3. The first-order valence-electron chi connectivity index (χ1n) is 9.54. The van der Waals surface area contributed by atoms with Crippen LogP contribution in [0.2, 0.25) is 0 Å². The van der Waals surface area contributed by atoms with Crippen LogP contribution in [0.4, 0.5) is 0 Å². The van der Waals surface area contributed by atoms with E-state index in [1.165, 1.54) is 69.5 Å². The number of aliphatic hydroxyl groups excluding tert-OH is 4. The number of thioether (sulfide) groups is 1. The van der Waals surface area contributed by atoms with Crippen molar-refractivity contribution in [2.75, 3.05) is 12.4 Å². The number of unbranched alkanes of at least 4 members (excludes halogenated alkanes) is 9. The molecule has 1 fully saturated rings. The zero-order chi connectivity index (χ0) is 17.8. The van der Waals surface area contributed by atoms with Crippen molar-refractivity contribution in [3.63, 3.8) is 0 Å². The smallest absolute Gasteiger partial charge is 0.132 e. The van der Waals surface area contributed by atoms with Crippen molar-refractivity contribution >= 4 is 11.8 Å². The van der Waals surface area contributed by atoms with Gasteiger partial charge in [-0.2, -0.15) is 0 Å². The van der Waals surface area contributed by atoms with E-state index in [4.69, 9.17) is 9.84 Å². The molecule has 0 bridgehead atoms. The Morgan fingerprint density at radius 1 is 0.750 bits per heavy atom. The third-order valence-electron chi connectivity index (χ3n) is 4.63. The molecule has 144 valence electrons. The lowest BCUT2D eigenvalue weighted by Crippen LogP contribution is -2.57. The molecule has 0 aromatic carbocycles. The maximum Gasteiger partial charge on any atom is 0.132 e. The van der Waals surface area contributed by atoms with Crippen LogP contribution < -0.4 is 0 Å². The van der Waals surface area contributed by atoms with Crippen molar-refractivity contribution in [3.8, 4) is 0 Å². The van der Waals surface area contributed by atoms with Crippen molar-refractivity contribution in [2.45, 2.75) is 101 Å². The molecule has 0 saturated carbocycles. The highest BCUT2D eigenvalue weighted by Crippen LogP contribution is 2.29. The third-order valence-corrected chi connectivity index (χ3v) is 5.87. The Hall–Kier alpha value is 0.150. The Morgan fingerprint density at radius 3 is 1.83 bits per heavy atom. The molecule has 24 heavy (non-hydrogen) atoms. The Kier molecular flexibility index (Phi) is 12.4. The van der Waals surface area contributed by atoms with E-state index in [-0.39, 0.29) is 6.61 Å². The van der Waals surface area contributed by atoms with Gasteiger partial charge in [-0.1, -0.05) is 64.7 Å². The van der Waals surface area contributed by atoms with Gasteiger partial charge >= 0.3 is 0 Å². The summed E-state index contributed by atoms with van der Waals surface area (Å²) in [4.78, 5) is 0. The van der Waals surface area contributed by atoms with Gasteiger partial charge in [0.15, 0.2) is 0 Å². The molecule has 5 unspecified atom stereocenters. The third kappa shape index (κ3) is 8.02. The van der Waals surface area contributed by atoms with Crippen LogP contribution in [0.15, 0.2) is 0 Å². The van der Waals surface area contributed by atoms with Crippen LogP contribution in [0.3, 0.4) is 0 Å². The molecular formula is C18H36O5S. The first kappa shape index (κ1) is 22.2. The minimum absolute atomic E-state index is 0.361. The molecule has 6 heteroatoms. The largest absolute Gasteiger partial charge is 0.394 e. The second-order valence-corrected chi connectivity index (χ2v) is 7.96. The number of aliphatic hydroxyl groups is 4. The molecule has 0 amide bonds. The summed E-state index contributed by atoms with van der Waals surface area (Å²) in [6.45, 7) is 1.88. The fourth-order valence-corrected chi connectivity index (χ4v) is 4.18. The van der Waals surface area contributed by atoms with E-state index in [2.05, 4.69) is 6.92 Å². The van der Waals surface area contributed by atoms with Crippen LogP contribution in [0, 0.1) is 0 Å². The maximum absolute atomic E-state index is 9.95. The van der Waals surface area contributed by atoms with Gasteiger partial charge in [0.2, 0.25) is 0 Å². The lowest BCUT2D eigenvalue weighted by molar-refractivity contribution is -0.205. The van der Waals surface area contributed by atoms with Crippen molar-refractivity contribution in [1.82, 2.24) is 0 Å². The lowest BCUT2D eigenvalue weighted by Gasteiger charge is -2.39. The summed E-state index contributed by atoms with van der Waals surface area (Å²) in [5.74, 6) is 0.846. The Labute approximate surface area is 150 Å². The van der Waals surface area contributed by atoms with Gasteiger partial charge < -0.3 is 25.2 Å². The highest BCUT2D eigenvalue weighted by molar-refractivity contribution is 7.99. The molecule has 1 heterocycles. The van der Waals surface area contributed by atoms with Gasteiger partial charge in [-0.25, -0.2) is 0 Å². The fourth-order valence-electron chi connectivity index (χ4n) is 2.99. The average molecular weight is 365 g/mol. The van der Waals surface area contributed by atoms with E-state index >= 15 is 0 Å². The minimum Gasteiger partial charge on any atom is -0.394 e. The van der Waals surface area contributed by atoms with Crippen LogP contribution in [0.1, 0.15) is 71.1 Å². The fraction of sp³-hybridized carbons (Fsp3) is 1.00. The molecule has 0 aliphatic carbocycles. The SMILES string of the molecule is CCCCCCCCCCCCSC1OC(CO)C(O)C(O)C1O. The number of rotatable bonds is 13. The van der Waals surface area contributed by atoms with Gasteiger partial charge in [-0.05, 0) is 12.2 Å². The Bertz CT molecular complexity index is 303. The summed E-state index contributed by atoms with van der Waals surface area (Å²) < 4.78 is 5.48. The van der Waals surface area contributed by atoms with Gasteiger partial charge in [0.05, 0.1) is 6.61 Å². The van der Waals surface area contributed by atoms with E-state index in [1.54, 1.807) is 0 Å². The molecule has 4 N–H and O–H groups in total. The van der Waals surface area contributed by atoms with E-state index in [9.17, 15) is 15.3 Å². The Morgan fingerprint density at radius 2 is 1.29 bits per heavy atom.